The summed E-state index contributed by atoms with van der Waals surface area (Å²) in [6, 6.07) is 17.8. The highest BCUT2D eigenvalue weighted by Gasteiger charge is 2.24. The number of aliphatic imine (C=N–C) groups is 2. The van der Waals surface area contributed by atoms with Crippen molar-refractivity contribution < 1.29 is 4.79 Å². The van der Waals surface area contributed by atoms with Crippen molar-refractivity contribution in [3.63, 3.8) is 0 Å². The SMILES string of the molecule is CCCCCCC(=O)N=C1C(c2ccccc2)=Nc2ccccc21. The molecule has 1 aliphatic rings. The van der Waals surface area contributed by atoms with Gasteiger partial charge in [0.15, 0.2) is 0 Å². The summed E-state index contributed by atoms with van der Waals surface area (Å²) >= 11 is 0. The fraction of sp³-hybridized carbons (Fsp3) is 0.286. The van der Waals surface area contributed by atoms with Gasteiger partial charge in [0.25, 0.3) is 0 Å². The van der Waals surface area contributed by atoms with Gasteiger partial charge >= 0.3 is 0 Å². The second kappa shape index (κ2) is 7.82. The summed E-state index contributed by atoms with van der Waals surface area (Å²) in [4.78, 5) is 21.4. The molecule has 0 atom stereocenters. The Kier molecular flexibility index (Phi) is 5.32. The van der Waals surface area contributed by atoms with Gasteiger partial charge in [-0.2, -0.15) is 0 Å². The van der Waals surface area contributed by atoms with Crippen LogP contribution in [0, 0.1) is 0 Å². The topological polar surface area (TPSA) is 41.8 Å². The van der Waals surface area contributed by atoms with Gasteiger partial charge in [-0.15, -0.1) is 0 Å². The van der Waals surface area contributed by atoms with Crippen LogP contribution in [0.15, 0.2) is 64.6 Å². The zero-order valence-corrected chi connectivity index (χ0v) is 14.0. The molecule has 0 radical (unpaired) electrons. The van der Waals surface area contributed by atoms with Gasteiger partial charge in [-0.25, -0.2) is 9.98 Å². The third-order valence-electron chi connectivity index (χ3n) is 4.14. The number of rotatable bonds is 6. The molecule has 1 aliphatic heterocycles. The molecule has 0 saturated heterocycles. The average Bonchev–Trinajstić information content (AvgIpc) is 2.98. The molecule has 0 saturated carbocycles. The third-order valence-corrected chi connectivity index (χ3v) is 4.14. The van der Waals surface area contributed by atoms with Gasteiger partial charge in [-0.05, 0) is 12.5 Å². The molecule has 0 aromatic heterocycles. The Morgan fingerprint density at radius 2 is 1.71 bits per heavy atom. The molecular formula is C21H22N2O. The van der Waals surface area contributed by atoms with Crippen LogP contribution in [0.1, 0.15) is 50.2 Å². The van der Waals surface area contributed by atoms with Crippen molar-refractivity contribution in [2.75, 3.05) is 0 Å². The summed E-state index contributed by atoms with van der Waals surface area (Å²) in [5.74, 6) is -0.0542. The van der Waals surface area contributed by atoms with Gasteiger partial charge in [0.05, 0.1) is 11.4 Å². The molecule has 0 fully saturated rings. The summed E-state index contributed by atoms with van der Waals surface area (Å²) in [6.07, 6.45) is 4.84. The van der Waals surface area contributed by atoms with Crippen LogP contribution in [-0.4, -0.2) is 17.3 Å². The highest BCUT2D eigenvalue weighted by molar-refractivity contribution is 6.57. The number of carbonyl (C=O) groups is 1. The molecule has 3 nitrogen and oxygen atoms in total. The minimum atomic E-state index is -0.0542. The lowest BCUT2D eigenvalue weighted by molar-refractivity contribution is -0.117. The van der Waals surface area contributed by atoms with Crippen LogP contribution in [-0.2, 0) is 4.79 Å². The van der Waals surface area contributed by atoms with Gasteiger partial charge in [0.2, 0.25) is 5.91 Å². The second-order valence-corrected chi connectivity index (χ2v) is 6.01. The Bertz CT molecular complexity index is 775. The molecule has 0 unspecified atom stereocenters. The van der Waals surface area contributed by atoms with Crippen LogP contribution in [0.3, 0.4) is 0 Å². The van der Waals surface area contributed by atoms with E-state index >= 15 is 0 Å². The van der Waals surface area contributed by atoms with Crippen molar-refractivity contribution in [2.45, 2.75) is 39.0 Å². The fourth-order valence-electron chi connectivity index (χ4n) is 2.87. The van der Waals surface area contributed by atoms with Crippen LogP contribution < -0.4 is 0 Å². The van der Waals surface area contributed by atoms with Crippen LogP contribution in [0.25, 0.3) is 0 Å². The fourth-order valence-corrected chi connectivity index (χ4v) is 2.87. The van der Waals surface area contributed by atoms with E-state index in [2.05, 4.69) is 11.9 Å². The van der Waals surface area contributed by atoms with Crippen LogP contribution in [0.4, 0.5) is 5.69 Å². The molecule has 0 N–H and O–H groups in total. The molecule has 0 aliphatic carbocycles. The van der Waals surface area contributed by atoms with Crippen molar-refractivity contribution in [3.05, 3.63) is 65.7 Å². The molecule has 0 spiro atoms. The smallest absolute Gasteiger partial charge is 0.246 e. The van der Waals surface area contributed by atoms with Crippen molar-refractivity contribution in [3.8, 4) is 0 Å². The van der Waals surface area contributed by atoms with Crippen LogP contribution in [0.2, 0.25) is 0 Å². The number of hydrogen-bond acceptors (Lipinski definition) is 2. The molecular weight excluding hydrogens is 296 g/mol. The van der Waals surface area contributed by atoms with Crippen LogP contribution >= 0.6 is 0 Å². The molecule has 2 aromatic rings. The first kappa shape index (κ1) is 16.3. The summed E-state index contributed by atoms with van der Waals surface area (Å²) in [5, 5.41) is 0. The number of hydrogen-bond donors (Lipinski definition) is 0. The van der Waals surface area contributed by atoms with Crippen molar-refractivity contribution in [2.24, 2.45) is 9.98 Å². The Labute approximate surface area is 143 Å². The maximum atomic E-state index is 12.3. The third kappa shape index (κ3) is 3.67. The number of unbranched alkanes of at least 4 members (excludes halogenated alkanes) is 3. The van der Waals surface area contributed by atoms with Gasteiger partial charge in [0.1, 0.15) is 5.71 Å². The van der Waals surface area contributed by atoms with Gasteiger partial charge in [-0.1, -0.05) is 74.7 Å². The average molecular weight is 318 g/mol. The Hall–Kier alpha value is -2.55. The number of fused-ring (bicyclic) bond motifs is 1. The number of amides is 1. The largest absolute Gasteiger partial charge is 0.273 e. The lowest BCUT2D eigenvalue weighted by Crippen LogP contribution is -2.15. The second-order valence-electron chi connectivity index (χ2n) is 6.01. The van der Waals surface area contributed by atoms with Gasteiger partial charge < -0.3 is 0 Å². The van der Waals surface area contributed by atoms with Crippen molar-refractivity contribution in [1.29, 1.82) is 0 Å². The normalized spacial score (nSPS) is 14.5. The predicted molar refractivity (Wildman–Crippen MR) is 99.4 cm³/mol. The quantitative estimate of drug-likeness (QED) is 0.683. The van der Waals surface area contributed by atoms with Crippen molar-refractivity contribution in [1.82, 2.24) is 0 Å². The Morgan fingerprint density at radius 3 is 2.50 bits per heavy atom. The maximum Gasteiger partial charge on any atom is 0.246 e. The molecule has 0 bridgehead atoms. The molecule has 122 valence electrons. The van der Waals surface area contributed by atoms with E-state index in [1.165, 1.54) is 12.8 Å². The standard InChI is InChI=1S/C21H22N2O/c1-2-3-4-8-15-19(24)23-21-17-13-9-10-14-18(17)22-20(21)16-11-6-5-7-12-16/h5-7,9-14H,2-4,8,15H2,1H3. The van der Waals surface area contributed by atoms with E-state index in [1.807, 2.05) is 54.6 Å². The molecule has 3 heteroatoms. The maximum absolute atomic E-state index is 12.3. The van der Waals surface area contributed by atoms with E-state index in [4.69, 9.17) is 4.99 Å². The highest BCUT2D eigenvalue weighted by Crippen LogP contribution is 2.29. The minimum absolute atomic E-state index is 0.0542. The Morgan fingerprint density at radius 1 is 0.958 bits per heavy atom. The molecule has 1 amide bonds. The lowest BCUT2D eigenvalue weighted by atomic mass is 10.0. The number of benzene rings is 2. The zero-order chi connectivity index (χ0) is 16.8. The zero-order valence-electron chi connectivity index (χ0n) is 14.0. The monoisotopic (exact) mass is 318 g/mol. The van der Waals surface area contributed by atoms with Gasteiger partial charge in [0, 0.05) is 17.5 Å². The molecule has 1 heterocycles. The van der Waals surface area contributed by atoms with E-state index in [-0.39, 0.29) is 5.91 Å². The molecule has 3 rings (SSSR count). The van der Waals surface area contributed by atoms with E-state index < -0.39 is 0 Å². The first-order valence-corrected chi connectivity index (χ1v) is 8.65. The first-order chi connectivity index (χ1) is 11.8. The summed E-state index contributed by atoms with van der Waals surface area (Å²) < 4.78 is 0. The van der Waals surface area contributed by atoms with E-state index in [1.54, 1.807) is 0 Å². The minimum Gasteiger partial charge on any atom is -0.273 e. The van der Waals surface area contributed by atoms with E-state index in [9.17, 15) is 4.79 Å². The van der Waals surface area contributed by atoms with E-state index in [0.717, 1.165) is 35.4 Å². The van der Waals surface area contributed by atoms with Crippen molar-refractivity contribution >= 4 is 23.0 Å². The lowest BCUT2D eigenvalue weighted by Gasteiger charge is -2.04. The summed E-state index contributed by atoms with van der Waals surface area (Å²) in [5.41, 5.74) is 4.31. The van der Waals surface area contributed by atoms with E-state index in [0.29, 0.717) is 12.1 Å². The highest BCUT2D eigenvalue weighted by atomic mass is 16.1. The first-order valence-electron chi connectivity index (χ1n) is 8.65. The molecule has 24 heavy (non-hydrogen) atoms. The van der Waals surface area contributed by atoms with Crippen LogP contribution in [0.5, 0.6) is 0 Å². The Balaban J connectivity index is 1.87. The summed E-state index contributed by atoms with van der Waals surface area (Å²) in [6.45, 7) is 2.17. The summed E-state index contributed by atoms with van der Waals surface area (Å²) in [7, 11) is 0. The predicted octanol–water partition coefficient (Wildman–Crippen LogP) is 5.11. The van der Waals surface area contributed by atoms with Gasteiger partial charge in [-0.3, -0.25) is 4.79 Å². The molecule has 2 aromatic carbocycles. The number of para-hydroxylation sites is 1. The number of carbonyl (C=O) groups excluding carboxylic acids is 1. The number of nitrogens with zero attached hydrogens (tertiary/aromatic N) is 2.